The van der Waals surface area contributed by atoms with Crippen LogP contribution in [0.3, 0.4) is 0 Å². The quantitative estimate of drug-likeness (QED) is 0.855. The highest BCUT2D eigenvalue weighted by atomic mass is 79.9. The summed E-state index contributed by atoms with van der Waals surface area (Å²) in [5, 5.41) is 9.85. The van der Waals surface area contributed by atoms with Crippen LogP contribution in [-0.2, 0) is 0 Å². The van der Waals surface area contributed by atoms with Gasteiger partial charge in [-0.1, -0.05) is 28.1 Å². The summed E-state index contributed by atoms with van der Waals surface area (Å²) in [6, 6.07) is 3.67. The van der Waals surface area contributed by atoms with E-state index < -0.39 is 6.10 Å². The fourth-order valence-corrected chi connectivity index (χ4v) is 1.80. The lowest BCUT2D eigenvalue weighted by Crippen LogP contribution is -2.25. The third-order valence-electron chi connectivity index (χ3n) is 2.44. The largest absolute Gasteiger partial charge is 0.387 e. The molecule has 2 nitrogen and oxygen atoms in total. The van der Waals surface area contributed by atoms with Gasteiger partial charge in [0.05, 0.1) is 6.10 Å². The van der Waals surface area contributed by atoms with Gasteiger partial charge in [0.15, 0.2) is 0 Å². The first-order valence-corrected chi connectivity index (χ1v) is 5.43. The number of aryl methyl sites for hydroxylation is 1. The lowest BCUT2D eigenvalue weighted by atomic mass is 9.97. The molecule has 0 aromatic heterocycles. The van der Waals surface area contributed by atoms with Crippen LogP contribution in [0.5, 0.6) is 0 Å². The molecule has 0 aliphatic rings. The summed E-state index contributed by atoms with van der Waals surface area (Å²) in [7, 11) is 0. The number of rotatable bonds is 2. The van der Waals surface area contributed by atoms with E-state index in [1.165, 1.54) is 5.56 Å². The van der Waals surface area contributed by atoms with E-state index in [4.69, 9.17) is 5.73 Å². The lowest BCUT2D eigenvalue weighted by molar-refractivity contribution is 0.152. The minimum absolute atomic E-state index is 0.247. The SMILES string of the molecule is Cc1ccc(C(O)C(C)N)c(C)c1Br. The average molecular weight is 258 g/mol. The predicted molar refractivity (Wildman–Crippen MR) is 62.2 cm³/mol. The van der Waals surface area contributed by atoms with Crippen LogP contribution in [0.2, 0.25) is 0 Å². The zero-order valence-corrected chi connectivity index (χ0v) is 10.3. The van der Waals surface area contributed by atoms with Gasteiger partial charge in [-0.25, -0.2) is 0 Å². The number of aliphatic hydroxyl groups is 1. The van der Waals surface area contributed by atoms with E-state index >= 15 is 0 Å². The van der Waals surface area contributed by atoms with E-state index in [-0.39, 0.29) is 6.04 Å². The normalized spacial score (nSPS) is 15.3. The Morgan fingerprint density at radius 2 is 1.93 bits per heavy atom. The maximum Gasteiger partial charge on any atom is 0.0941 e. The first kappa shape index (κ1) is 11.7. The van der Waals surface area contributed by atoms with Crippen molar-refractivity contribution in [3.8, 4) is 0 Å². The topological polar surface area (TPSA) is 46.2 Å². The Kier molecular flexibility index (Phi) is 3.70. The van der Waals surface area contributed by atoms with Crippen LogP contribution < -0.4 is 5.73 Å². The van der Waals surface area contributed by atoms with Crippen LogP contribution in [0.1, 0.15) is 29.7 Å². The van der Waals surface area contributed by atoms with Gasteiger partial charge in [-0.05, 0) is 37.5 Å². The second-order valence-corrected chi connectivity index (χ2v) is 4.51. The van der Waals surface area contributed by atoms with Gasteiger partial charge in [0, 0.05) is 10.5 Å². The van der Waals surface area contributed by atoms with Gasteiger partial charge in [-0.2, -0.15) is 0 Å². The molecule has 0 fully saturated rings. The average Bonchev–Trinajstić information content (AvgIpc) is 2.13. The Bertz CT molecular complexity index is 336. The van der Waals surface area contributed by atoms with Crippen LogP contribution in [0.25, 0.3) is 0 Å². The van der Waals surface area contributed by atoms with Crippen molar-refractivity contribution in [2.24, 2.45) is 5.73 Å². The molecule has 0 amide bonds. The smallest absolute Gasteiger partial charge is 0.0941 e. The molecule has 0 saturated carbocycles. The molecule has 1 rings (SSSR count). The Labute approximate surface area is 93.3 Å². The molecule has 2 atom stereocenters. The summed E-state index contributed by atoms with van der Waals surface area (Å²) in [5.74, 6) is 0. The van der Waals surface area contributed by atoms with Crippen molar-refractivity contribution < 1.29 is 5.11 Å². The van der Waals surface area contributed by atoms with Gasteiger partial charge < -0.3 is 10.8 Å². The van der Waals surface area contributed by atoms with Gasteiger partial charge in [-0.3, -0.25) is 0 Å². The highest BCUT2D eigenvalue weighted by Gasteiger charge is 2.16. The van der Waals surface area contributed by atoms with Crippen LogP contribution >= 0.6 is 15.9 Å². The number of benzene rings is 1. The third-order valence-corrected chi connectivity index (χ3v) is 3.66. The number of halogens is 1. The molecular formula is C11H16BrNO. The molecule has 3 N–H and O–H groups in total. The molecule has 3 heteroatoms. The highest BCUT2D eigenvalue weighted by molar-refractivity contribution is 9.10. The zero-order chi connectivity index (χ0) is 10.9. The number of hydrogen-bond donors (Lipinski definition) is 2. The van der Waals surface area contributed by atoms with Gasteiger partial charge >= 0.3 is 0 Å². The van der Waals surface area contributed by atoms with Crippen molar-refractivity contribution >= 4 is 15.9 Å². The molecule has 0 spiro atoms. The van der Waals surface area contributed by atoms with Crippen LogP contribution in [0.15, 0.2) is 16.6 Å². The summed E-state index contributed by atoms with van der Waals surface area (Å²) in [4.78, 5) is 0. The maximum atomic E-state index is 9.85. The summed E-state index contributed by atoms with van der Waals surface area (Å²) in [5.41, 5.74) is 8.79. The summed E-state index contributed by atoms with van der Waals surface area (Å²) < 4.78 is 1.05. The Morgan fingerprint density at radius 3 is 2.43 bits per heavy atom. The Balaban J connectivity index is 3.17. The molecule has 0 bridgehead atoms. The molecule has 78 valence electrons. The van der Waals surface area contributed by atoms with Gasteiger partial charge in [0.2, 0.25) is 0 Å². The Morgan fingerprint density at radius 1 is 1.36 bits per heavy atom. The highest BCUT2D eigenvalue weighted by Crippen LogP contribution is 2.28. The molecule has 1 aromatic carbocycles. The van der Waals surface area contributed by atoms with Crippen LogP contribution in [0.4, 0.5) is 0 Å². The molecular weight excluding hydrogens is 242 g/mol. The first-order chi connectivity index (χ1) is 6.45. The number of aliphatic hydroxyl groups excluding tert-OH is 1. The Hall–Kier alpha value is -0.380. The van der Waals surface area contributed by atoms with E-state index in [0.29, 0.717) is 0 Å². The number of nitrogens with two attached hydrogens (primary N) is 1. The second kappa shape index (κ2) is 4.43. The van der Waals surface area contributed by atoms with E-state index in [9.17, 15) is 5.11 Å². The predicted octanol–water partition coefficient (Wildman–Crippen LogP) is 2.45. The van der Waals surface area contributed by atoms with Gasteiger partial charge in [-0.15, -0.1) is 0 Å². The molecule has 1 aromatic rings. The summed E-state index contributed by atoms with van der Waals surface area (Å²) in [6.45, 7) is 5.81. The fraction of sp³-hybridized carbons (Fsp3) is 0.455. The third kappa shape index (κ3) is 2.16. The zero-order valence-electron chi connectivity index (χ0n) is 8.71. The van der Waals surface area contributed by atoms with Gasteiger partial charge in [0.25, 0.3) is 0 Å². The standard InChI is InChI=1S/C11H16BrNO/c1-6-4-5-9(7(2)10(6)12)11(14)8(3)13/h4-5,8,11,14H,13H2,1-3H3. The maximum absolute atomic E-state index is 9.85. The molecule has 0 aliphatic heterocycles. The number of hydrogen-bond acceptors (Lipinski definition) is 2. The van der Waals surface area contributed by atoms with Crippen molar-refractivity contribution in [1.82, 2.24) is 0 Å². The van der Waals surface area contributed by atoms with E-state index in [0.717, 1.165) is 15.6 Å². The fourth-order valence-electron chi connectivity index (χ4n) is 1.44. The summed E-state index contributed by atoms with van der Waals surface area (Å²) in [6.07, 6.45) is -0.591. The summed E-state index contributed by atoms with van der Waals surface area (Å²) >= 11 is 3.50. The van der Waals surface area contributed by atoms with Crippen LogP contribution in [-0.4, -0.2) is 11.1 Å². The van der Waals surface area contributed by atoms with Crippen molar-refractivity contribution in [2.45, 2.75) is 32.9 Å². The lowest BCUT2D eigenvalue weighted by Gasteiger charge is -2.18. The molecule has 0 aliphatic carbocycles. The minimum atomic E-state index is -0.591. The van der Waals surface area contributed by atoms with Crippen molar-refractivity contribution in [1.29, 1.82) is 0 Å². The van der Waals surface area contributed by atoms with Crippen molar-refractivity contribution in [2.75, 3.05) is 0 Å². The van der Waals surface area contributed by atoms with Crippen LogP contribution in [0, 0.1) is 13.8 Å². The van der Waals surface area contributed by atoms with Crippen molar-refractivity contribution in [3.05, 3.63) is 33.3 Å². The monoisotopic (exact) mass is 257 g/mol. The molecule has 0 heterocycles. The molecule has 2 unspecified atom stereocenters. The van der Waals surface area contributed by atoms with E-state index in [1.54, 1.807) is 6.92 Å². The van der Waals surface area contributed by atoms with Crippen molar-refractivity contribution in [3.63, 3.8) is 0 Å². The second-order valence-electron chi connectivity index (χ2n) is 3.71. The van der Waals surface area contributed by atoms with E-state index in [1.807, 2.05) is 26.0 Å². The first-order valence-electron chi connectivity index (χ1n) is 4.64. The molecule has 0 saturated heterocycles. The minimum Gasteiger partial charge on any atom is -0.387 e. The van der Waals surface area contributed by atoms with E-state index in [2.05, 4.69) is 15.9 Å². The molecule has 0 radical (unpaired) electrons. The van der Waals surface area contributed by atoms with Gasteiger partial charge in [0.1, 0.15) is 0 Å². The molecule has 14 heavy (non-hydrogen) atoms.